The molecule has 0 aliphatic carbocycles. The molecule has 0 saturated carbocycles. The van der Waals surface area contributed by atoms with E-state index in [4.69, 9.17) is 0 Å². The van der Waals surface area contributed by atoms with Crippen molar-refractivity contribution in [3.63, 3.8) is 0 Å². The number of nitrogens with one attached hydrogen (secondary N) is 2. The van der Waals surface area contributed by atoms with Crippen LogP contribution in [0.3, 0.4) is 0 Å². The van der Waals surface area contributed by atoms with Gasteiger partial charge in [0.05, 0.1) is 5.71 Å². The summed E-state index contributed by atoms with van der Waals surface area (Å²) in [5, 5.41) is 6.90. The van der Waals surface area contributed by atoms with E-state index < -0.39 is 18.2 Å². The Bertz CT molecular complexity index is 911. The first-order chi connectivity index (χ1) is 16.5. The lowest BCUT2D eigenvalue weighted by atomic mass is 10.1. The second-order valence-electron chi connectivity index (χ2n) is 8.99. The fraction of sp³-hybridized carbons (Fsp3) is 0.538. The fourth-order valence-electron chi connectivity index (χ4n) is 4.24. The number of hydrazone groups is 1. The first-order valence-electron chi connectivity index (χ1n) is 12.5. The van der Waals surface area contributed by atoms with Crippen LogP contribution in [0.25, 0.3) is 6.08 Å². The summed E-state index contributed by atoms with van der Waals surface area (Å²) in [6, 6.07) is 9.06. The standard InChI is InChI=1S/C26H38N6O2/c1-4-5-6-7-8-9-10-14-19-32-22-23(31(3)26(34)28-24(22)33)27-25(32)30-29-20(2)17-18-21-15-12-11-13-16-21/h11-13,15-18,22-23H,4-10,14,19H2,1-3H3,(H,27,30)(H,28,33,34)/b18-17+,29-20-. The molecule has 8 heteroatoms. The molecule has 34 heavy (non-hydrogen) atoms. The van der Waals surface area contributed by atoms with E-state index in [1.807, 2.05) is 54.3 Å². The summed E-state index contributed by atoms with van der Waals surface area (Å²) in [6.07, 6.45) is 13.0. The Balaban J connectivity index is 1.61. The predicted octanol–water partition coefficient (Wildman–Crippen LogP) is 4.35. The molecule has 1 aromatic carbocycles. The van der Waals surface area contributed by atoms with Crippen molar-refractivity contribution in [1.82, 2.24) is 20.5 Å². The summed E-state index contributed by atoms with van der Waals surface area (Å²) >= 11 is 0. The highest BCUT2D eigenvalue weighted by Gasteiger charge is 2.48. The Labute approximate surface area is 203 Å². The summed E-state index contributed by atoms with van der Waals surface area (Å²) < 4.78 is 0. The van der Waals surface area contributed by atoms with Gasteiger partial charge in [-0.1, -0.05) is 88.3 Å². The van der Waals surface area contributed by atoms with E-state index in [1.165, 1.54) is 43.4 Å². The van der Waals surface area contributed by atoms with Gasteiger partial charge in [0.15, 0.2) is 12.2 Å². The topological polar surface area (TPSA) is 89.4 Å². The van der Waals surface area contributed by atoms with Crippen LogP contribution in [0.4, 0.5) is 4.79 Å². The van der Waals surface area contributed by atoms with Crippen molar-refractivity contribution in [3.8, 4) is 0 Å². The van der Waals surface area contributed by atoms with Crippen LogP contribution < -0.4 is 10.7 Å². The molecule has 1 fully saturated rings. The van der Waals surface area contributed by atoms with Crippen LogP contribution in [0.2, 0.25) is 0 Å². The van der Waals surface area contributed by atoms with Crippen LogP contribution in [-0.2, 0) is 4.79 Å². The van der Waals surface area contributed by atoms with E-state index in [2.05, 4.69) is 27.8 Å². The molecule has 0 aromatic heterocycles. The molecule has 2 N–H and O–H groups in total. The molecule has 1 aromatic rings. The SMILES string of the molecule is CCCCCCCCCCN1C(N/N=C(C)\C=C\c2ccccc2)=NC2C1C(=O)NC(=O)N2C. The van der Waals surface area contributed by atoms with Gasteiger partial charge in [-0.3, -0.25) is 10.1 Å². The molecule has 3 rings (SSSR count). The molecule has 0 bridgehead atoms. The molecular formula is C26H38N6O2. The molecular weight excluding hydrogens is 428 g/mol. The fourth-order valence-corrected chi connectivity index (χ4v) is 4.24. The third-order valence-corrected chi connectivity index (χ3v) is 6.26. The van der Waals surface area contributed by atoms with Crippen molar-refractivity contribution in [2.75, 3.05) is 13.6 Å². The first kappa shape index (κ1) is 25.5. The van der Waals surface area contributed by atoms with Crippen molar-refractivity contribution in [1.29, 1.82) is 0 Å². The van der Waals surface area contributed by atoms with E-state index in [-0.39, 0.29) is 5.91 Å². The van der Waals surface area contributed by atoms with Crippen molar-refractivity contribution in [3.05, 3.63) is 42.0 Å². The zero-order valence-electron chi connectivity index (χ0n) is 20.7. The number of benzene rings is 1. The number of imide groups is 1. The van der Waals surface area contributed by atoms with Crippen molar-refractivity contribution >= 4 is 29.7 Å². The normalized spacial score (nSPS) is 20.6. The Morgan fingerprint density at radius 3 is 2.47 bits per heavy atom. The second-order valence-corrected chi connectivity index (χ2v) is 8.99. The Hall–Kier alpha value is -3.16. The molecule has 2 aliphatic heterocycles. The van der Waals surface area contributed by atoms with Gasteiger partial charge in [0, 0.05) is 13.6 Å². The van der Waals surface area contributed by atoms with Crippen LogP contribution in [0.5, 0.6) is 0 Å². The lowest BCUT2D eigenvalue weighted by Crippen LogP contribution is -2.64. The van der Waals surface area contributed by atoms with E-state index in [9.17, 15) is 9.59 Å². The summed E-state index contributed by atoms with van der Waals surface area (Å²) in [4.78, 5) is 32.9. The third kappa shape index (κ3) is 6.92. The number of carbonyl (C=O) groups excluding carboxylic acids is 2. The number of urea groups is 1. The lowest BCUT2D eigenvalue weighted by molar-refractivity contribution is -0.127. The smallest absolute Gasteiger partial charge is 0.325 e. The van der Waals surface area contributed by atoms with Gasteiger partial charge in [-0.2, -0.15) is 5.10 Å². The molecule has 1 saturated heterocycles. The van der Waals surface area contributed by atoms with Crippen LogP contribution in [-0.4, -0.2) is 59.2 Å². The van der Waals surface area contributed by atoms with Crippen molar-refractivity contribution < 1.29 is 9.59 Å². The molecule has 2 unspecified atom stereocenters. The predicted molar refractivity (Wildman–Crippen MR) is 137 cm³/mol. The van der Waals surface area contributed by atoms with Gasteiger partial charge in [0.25, 0.3) is 5.91 Å². The molecule has 0 spiro atoms. The highest BCUT2D eigenvalue weighted by molar-refractivity contribution is 6.04. The molecule has 3 amide bonds. The number of nitrogens with zero attached hydrogens (tertiary/aromatic N) is 4. The number of likely N-dealkylation sites (N-methyl/N-ethyl adjacent to an activating group) is 1. The summed E-state index contributed by atoms with van der Waals surface area (Å²) in [5.74, 6) is 0.222. The van der Waals surface area contributed by atoms with Gasteiger partial charge in [0.2, 0.25) is 5.96 Å². The highest BCUT2D eigenvalue weighted by Crippen LogP contribution is 2.24. The number of amides is 3. The second kappa shape index (κ2) is 12.9. The zero-order chi connectivity index (χ0) is 24.3. The van der Waals surface area contributed by atoms with Crippen LogP contribution in [0, 0.1) is 0 Å². The lowest BCUT2D eigenvalue weighted by Gasteiger charge is -2.36. The molecule has 0 radical (unpaired) electrons. The number of allylic oxidation sites excluding steroid dienone is 1. The number of rotatable bonds is 12. The van der Waals surface area contributed by atoms with Crippen molar-refractivity contribution in [2.24, 2.45) is 10.1 Å². The number of aliphatic imine (C=N–C) groups is 1. The summed E-state index contributed by atoms with van der Waals surface area (Å²) in [7, 11) is 1.66. The maximum absolute atomic E-state index is 12.7. The van der Waals surface area contributed by atoms with Gasteiger partial charge in [-0.25, -0.2) is 15.2 Å². The third-order valence-electron chi connectivity index (χ3n) is 6.26. The van der Waals surface area contributed by atoms with Crippen LogP contribution in [0.1, 0.15) is 70.8 Å². The number of hydrogen-bond donors (Lipinski definition) is 2. The zero-order valence-corrected chi connectivity index (χ0v) is 20.7. The van der Waals surface area contributed by atoms with Gasteiger partial charge in [0.1, 0.15) is 0 Å². The summed E-state index contributed by atoms with van der Waals surface area (Å²) in [5.41, 5.74) is 4.92. The van der Waals surface area contributed by atoms with E-state index in [1.54, 1.807) is 7.05 Å². The maximum Gasteiger partial charge on any atom is 0.325 e. The molecule has 2 heterocycles. The van der Waals surface area contributed by atoms with Gasteiger partial charge < -0.3 is 9.80 Å². The minimum atomic E-state index is -0.548. The highest BCUT2D eigenvalue weighted by atomic mass is 16.2. The van der Waals surface area contributed by atoms with E-state index in [0.717, 1.165) is 24.1 Å². The monoisotopic (exact) mass is 466 g/mol. The van der Waals surface area contributed by atoms with Gasteiger partial charge in [-0.05, 0) is 25.0 Å². The Kier molecular flexibility index (Phi) is 9.67. The van der Waals surface area contributed by atoms with Crippen molar-refractivity contribution in [2.45, 2.75) is 77.4 Å². The first-order valence-corrected chi connectivity index (χ1v) is 12.5. The Morgan fingerprint density at radius 2 is 1.76 bits per heavy atom. The number of carbonyl (C=O) groups is 2. The molecule has 2 aliphatic rings. The molecule has 184 valence electrons. The van der Waals surface area contributed by atoms with E-state index in [0.29, 0.717) is 12.5 Å². The minimum absolute atomic E-state index is 0.308. The Morgan fingerprint density at radius 1 is 1.09 bits per heavy atom. The number of guanidine groups is 1. The average Bonchev–Trinajstić information content (AvgIpc) is 3.21. The largest absolute Gasteiger partial charge is 0.326 e. The maximum atomic E-state index is 12.7. The summed E-state index contributed by atoms with van der Waals surface area (Å²) in [6.45, 7) is 4.82. The quantitative estimate of drug-likeness (QED) is 0.272. The minimum Gasteiger partial charge on any atom is -0.326 e. The van der Waals surface area contributed by atoms with E-state index >= 15 is 0 Å². The molecule has 8 nitrogen and oxygen atoms in total. The average molecular weight is 467 g/mol. The van der Waals surface area contributed by atoms with Gasteiger partial charge in [-0.15, -0.1) is 0 Å². The number of fused-ring (bicyclic) bond motifs is 1. The van der Waals surface area contributed by atoms with Gasteiger partial charge >= 0.3 is 6.03 Å². The number of hydrogen-bond acceptors (Lipinski definition) is 6. The number of unbranched alkanes of at least 4 members (excludes halogenated alkanes) is 7. The van der Waals surface area contributed by atoms with Crippen LogP contribution in [0.15, 0.2) is 46.5 Å². The van der Waals surface area contributed by atoms with Crippen LogP contribution >= 0.6 is 0 Å². The molecule has 2 atom stereocenters.